The van der Waals surface area contributed by atoms with Crippen LogP contribution in [0.15, 0.2) is 60.7 Å². The Hall–Kier alpha value is -3.58. The summed E-state index contributed by atoms with van der Waals surface area (Å²) < 4.78 is 0. The molecular weight excluding hydrogens is 428 g/mol. The lowest BCUT2D eigenvalue weighted by Crippen LogP contribution is -2.34. The molecule has 0 saturated carbocycles. The summed E-state index contributed by atoms with van der Waals surface area (Å²) in [5.74, 6) is 0.0768. The van der Waals surface area contributed by atoms with Gasteiger partial charge in [0.25, 0.3) is 11.6 Å². The molecule has 0 bridgehead atoms. The molecule has 0 atom stereocenters. The number of piperidine rings is 1. The van der Waals surface area contributed by atoms with Crippen molar-refractivity contribution >= 4 is 11.6 Å². The van der Waals surface area contributed by atoms with Crippen LogP contribution in [0.4, 0.5) is 5.69 Å². The summed E-state index contributed by atoms with van der Waals surface area (Å²) in [5.41, 5.74) is 5.51. The van der Waals surface area contributed by atoms with E-state index in [2.05, 4.69) is 16.3 Å². The summed E-state index contributed by atoms with van der Waals surface area (Å²) in [6.07, 6.45) is 1.71. The van der Waals surface area contributed by atoms with Gasteiger partial charge in [0.1, 0.15) is 0 Å². The average Bonchev–Trinajstić information content (AvgIpc) is 2.83. The standard InChI is InChI=1S/C27H30N4O3/c1-19-6-5-7-21(16-19)17-28-27(32)24-11-10-20(2)29-26(24)22-12-14-30(15-13-22)18-23-8-3-4-9-25(23)31(33)34/h3-11,16,22H,12-15,17-18H2,1-2H3,(H,28,32). The van der Waals surface area contributed by atoms with Gasteiger partial charge in [-0.25, -0.2) is 0 Å². The number of pyridine rings is 1. The number of carbonyl (C=O) groups excluding carboxylic acids is 1. The number of nitro groups is 1. The van der Waals surface area contributed by atoms with Crippen molar-refractivity contribution in [2.24, 2.45) is 0 Å². The monoisotopic (exact) mass is 458 g/mol. The third kappa shape index (κ3) is 5.66. The van der Waals surface area contributed by atoms with Crippen molar-refractivity contribution in [2.75, 3.05) is 13.1 Å². The van der Waals surface area contributed by atoms with E-state index in [0.717, 1.165) is 54.0 Å². The van der Waals surface area contributed by atoms with Crippen LogP contribution in [0.25, 0.3) is 0 Å². The maximum Gasteiger partial charge on any atom is 0.273 e. The fourth-order valence-electron chi connectivity index (χ4n) is 4.61. The number of nitrogens with zero attached hydrogens (tertiary/aromatic N) is 3. The van der Waals surface area contributed by atoms with E-state index in [1.165, 1.54) is 0 Å². The molecule has 1 aliphatic rings. The second-order valence-corrected chi connectivity index (χ2v) is 8.99. The lowest BCUT2D eigenvalue weighted by Gasteiger charge is -2.32. The highest BCUT2D eigenvalue weighted by Gasteiger charge is 2.27. The second-order valence-electron chi connectivity index (χ2n) is 8.99. The fourth-order valence-corrected chi connectivity index (χ4v) is 4.61. The van der Waals surface area contributed by atoms with E-state index >= 15 is 0 Å². The van der Waals surface area contributed by atoms with Crippen molar-refractivity contribution in [3.63, 3.8) is 0 Å². The fraction of sp³-hybridized carbons (Fsp3) is 0.333. The predicted molar refractivity (Wildman–Crippen MR) is 132 cm³/mol. The number of benzene rings is 2. The molecule has 3 aromatic rings. The molecule has 0 radical (unpaired) electrons. The van der Waals surface area contributed by atoms with Crippen LogP contribution >= 0.6 is 0 Å². The topological polar surface area (TPSA) is 88.4 Å². The zero-order valence-electron chi connectivity index (χ0n) is 19.7. The van der Waals surface area contributed by atoms with E-state index in [0.29, 0.717) is 18.7 Å². The first-order valence-electron chi connectivity index (χ1n) is 11.7. The van der Waals surface area contributed by atoms with Crippen molar-refractivity contribution in [3.05, 3.63) is 104 Å². The molecule has 0 spiro atoms. The number of nitrogens with one attached hydrogen (secondary N) is 1. The maximum atomic E-state index is 13.1. The number of nitro benzene ring substituents is 1. The van der Waals surface area contributed by atoms with Gasteiger partial charge in [0, 0.05) is 36.3 Å². The Balaban J connectivity index is 1.42. The smallest absolute Gasteiger partial charge is 0.273 e. The normalized spacial score (nSPS) is 14.6. The molecule has 1 fully saturated rings. The van der Waals surface area contributed by atoms with Gasteiger partial charge < -0.3 is 5.32 Å². The van der Waals surface area contributed by atoms with Crippen LogP contribution in [0.1, 0.15) is 57.2 Å². The van der Waals surface area contributed by atoms with Crippen LogP contribution in [-0.2, 0) is 13.1 Å². The molecule has 7 heteroatoms. The number of hydrogen-bond acceptors (Lipinski definition) is 5. The Kier molecular flexibility index (Phi) is 7.33. The van der Waals surface area contributed by atoms with E-state index in [9.17, 15) is 14.9 Å². The highest BCUT2D eigenvalue weighted by molar-refractivity contribution is 5.95. The lowest BCUT2D eigenvalue weighted by atomic mass is 9.89. The van der Waals surface area contributed by atoms with Crippen LogP contribution in [0.5, 0.6) is 0 Å². The Bertz CT molecular complexity index is 1190. The van der Waals surface area contributed by atoms with Crippen LogP contribution in [-0.4, -0.2) is 33.8 Å². The van der Waals surface area contributed by atoms with Gasteiger partial charge in [-0.15, -0.1) is 0 Å². The Morgan fingerprint density at radius 1 is 1.09 bits per heavy atom. The number of amides is 1. The summed E-state index contributed by atoms with van der Waals surface area (Å²) in [6.45, 7) is 6.61. The number of hydrogen-bond donors (Lipinski definition) is 1. The van der Waals surface area contributed by atoms with Crippen molar-refractivity contribution in [3.8, 4) is 0 Å². The molecule has 2 aromatic carbocycles. The number of para-hydroxylation sites is 1. The molecule has 2 heterocycles. The number of aryl methyl sites for hydroxylation is 2. The molecule has 7 nitrogen and oxygen atoms in total. The summed E-state index contributed by atoms with van der Waals surface area (Å²) in [6, 6.07) is 18.8. The van der Waals surface area contributed by atoms with E-state index in [4.69, 9.17) is 4.98 Å². The van der Waals surface area contributed by atoms with E-state index in [1.54, 1.807) is 12.1 Å². The zero-order chi connectivity index (χ0) is 24.1. The Labute approximate surface area is 200 Å². The van der Waals surface area contributed by atoms with Gasteiger partial charge in [-0.1, -0.05) is 48.0 Å². The number of likely N-dealkylation sites (tertiary alicyclic amines) is 1. The third-order valence-electron chi connectivity index (χ3n) is 6.40. The van der Waals surface area contributed by atoms with Crippen LogP contribution < -0.4 is 5.32 Å². The van der Waals surface area contributed by atoms with E-state index in [1.807, 2.05) is 56.3 Å². The molecule has 1 N–H and O–H groups in total. The summed E-state index contributed by atoms with van der Waals surface area (Å²) in [5, 5.41) is 14.4. The van der Waals surface area contributed by atoms with Crippen LogP contribution in [0, 0.1) is 24.0 Å². The molecule has 1 amide bonds. The van der Waals surface area contributed by atoms with Crippen molar-refractivity contribution in [1.29, 1.82) is 0 Å². The lowest BCUT2D eigenvalue weighted by molar-refractivity contribution is -0.385. The summed E-state index contributed by atoms with van der Waals surface area (Å²) >= 11 is 0. The Morgan fingerprint density at radius 2 is 1.85 bits per heavy atom. The van der Waals surface area contributed by atoms with Gasteiger partial charge in [-0.3, -0.25) is 24.8 Å². The Morgan fingerprint density at radius 3 is 2.59 bits per heavy atom. The highest BCUT2D eigenvalue weighted by Crippen LogP contribution is 2.31. The zero-order valence-corrected chi connectivity index (χ0v) is 19.7. The quantitative estimate of drug-likeness (QED) is 0.401. The molecule has 176 valence electrons. The third-order valence-corrected chi connectivity index (χ3v) is 6.40. The minimum absolute atomic E-state index is 0.105. The van der Waals surface area contributed by atoms with Crippen LogP contribution in [0.2, 0.25) is 0 Å². The van der Waals surface area contributed by atoms with Gasteiger partial charge in [-0.2, -0.15) is 0 Å². The van der Waals surface area contributed by atoms with Gasteiger partial charge >= 0.3 is 0 Å². The molecule has 0 unspecified atom stereocenters. The average molecular weight is 459 g/mol. The minimum Gasteiger partial charge on any atom is -0.348 e. The maximum absolute atomic E-state index is 13.1. The largest absolute Gasteiger partial charge is 0.348 e. The van der Waals surface area contributed by atoms with Gasteiger partial charge in [0.05, 0.1) is 16.2 Å². The molecule has 1 saturated heterocycles. The number of carbonyl (C=O) groups is 1. The van der Waals surface area contributed by atoms with E-state index in [-0.39, 0.29) is 22.4 Å². The first-order valence-corrected chi connectivity index (χ1v) is 11.7. The summed E-state index contributed by atoms with van der Waals surface area (Å²) in [4.78, 5) is 31.1. The first kappa shape index (κ1) is 23.6. The SMILES string of the molecule is Cc1cccc(CNC(=O)c2ccc(C)nc2C2CCN(Cc3ccccc3[N+](=O)[O-])CC2)c1. The van der Waals surface area contributed by atoms with Crippen molar-refractivity contribution in [2.45, 2.75) is 45.7 Å². The van der Waals surface area contributed by atoms with Gasteiger partial charge in [0.15, 0.2) is 0 Å². The molecule has 34 heavy (non-hydrogen) atoms. The number of rotatable bonds is 7. The number of aromatic nitrogens is 1. The van der Waals surface area contributed by atoms with E-state index < -0.39 is 0 Å². The molecule has 4 rings (SSSR count). The van der Waals surface area contributed by atoms with Crippen LogP contribution in [0.3, 0.4) is 0 Å². The molecular formula is C27H30N4O3. The predicted octanol–water partition coefficient (Wildman–Crippen LogP) is 4.92. The van der Waals surface area contributed by atoms with Crippen molar-refractivity contribution < 1.29 is 9.72 Å². The van der Waals surface area contributed by atoms with Gasteiger partial charge in [0.2, 0.25) is 0 Å². The van der Waals surface area contributed by atoms with Crippen molar-refractivity contribution in [1.82, 2.24) is 15.2 Å². The second kappa shape index (κ2) is 10.6. The first-order chi connectivity index (χ1) is 16.4. The summed E-state index contributed by atoms with van der Waals surface area (Å²) in [7, 11) is 0. The molecule has 1 aliphatic heterocycles. The highest BCUT2D eigenvalue weighted by atomic mass is 16.6. The molecule has 0 aliphatic carbocycles. The minimum atomic E-state index is -0.319. The van der Waals surface area contributed by atoms with Gasteiger partial charge in [-0.05, 0) is 57.5 Å². The molecule has 1 aromatic heterocycles.